The molecule has 0 atom stereocenters. The molecule has 0 saturated carbocycles. The lowest BCUT2D eigenvalue weighted by Crippen LogP contribution is -2.42. The van der Waals surface area contributed by atoms with Crippen LogP contribution < -0.4 is 10.5 Å². The molecule has 1 saturated heterocycles. The highest BCUT2D eigenvalue weighted by atomic mass is 32.2. The van der Waals surface area contributed by atoms with Gasteiger partial charge in [-0.3, -0.25) is 4.79 Å². The number of nitrogens with two attached hydrogens (primary N) is 1. The van der Waals surface area contributed by atoms with Crippen LogP contribution >= 0.6 is 23.1 Å². The number of ether oxygens (including phenoxy) is 1. The zero-order chi connectivity index (χ0) is 16.2. The molecule has 1 aliphatic rings. The van der Waals surface area contributed by atoms with Crippen molar-refractivity contribution >= 4 is 29.0 Å². The van der Waals surface area contributed by atoms with Gasteiger partial charge in [0, 0.05) is 19.1 Å². The minimum absolute atomic E-state index is 0.0544. The van der Waals surface area contributed by atoms with E-state index in [4.69, 9.17) is 10.5 Å². The molecule has 0 spiro atoms. The fourth-order valence-electron chi connectivity index (χ4n) is 2.37. The third-order valence-corrected chi connectivity index (χ3v) is 5.70. The van der Waals surface area contributed by atoms with Crippen molar-refractivity contribution in [3.05, 3.63) is 29.3 Å². The Morgan fingerprint density at radius 3 is 2.83 bits per heavy atom. The Kier molecular flexibility index (Phi) is 5.14. The van der Waals surface area contributed by atoms with Crippen LogP contribution in [-0.2, 0) is 0 Å². The lowest BCUT2D eigenvalue weighted by atomic mass is 10.1. The highest BCUT2D eigenvalue weighted by molar-refractivity contribution is 8.01. The second kappa shape index (κ2) is 7.29. The van der Waals surface area contributed by atoms with Gasteiger partial charge in [-0.15, -0.1) is 10.2 Å². The van der Waals surface area contributed by atoms with E-state index >= 15 is 0 Å². The van der Waals surface area contributed by atoms with Gasteiger partial charge in [-0.05, 0) is 25.0 Å². The molecule has 0 unspecified atom stereocenters. The van der Waals surface area contributed by atoms with Crippen LogP contribution in [-0.4, -0.2) is 47.2 Å². The molecule has 0 radical (unpaired) electrons. The van der Waals surface area contributed by atoms with Gasteiger partial charge in [0.1, 0.15) is 5.75 Å². The van der Waals surface area contributed by atoms with Crippen molar-refractivity contribution in [1.82, 2.24) is 15.1 Å². The highest BCUT2D eigenvalue weighted by Crippen LogP contribution is 2.36. The molecule has 0 aliphatic carbocycles. The molecule has 1 aromatic heterocycles. The normalized spacial score (nSPS) is 15.7. The summed E-state index contributed by atoms with van der Waals surface area (Å²) in [6.07, 6.45) is 1.68. The lowest BCUT2D eigenvalue weighted by Gasteiger charge is -2.29. The van der Waals surface area contributed by atoms with Crippen LogP contribution in [0, 0.1) is 0 Å². The summed E-state index contributed by atoms with van der Waals surface area (Å²) in [7, 11) is 1.63. The fraction of sp³-hybridized carbons (Fsp3) is 0.400. The first-order valence-electron chi connectivity index (χ1n) is 7.36. The van der Waals surface area contributed by atoms with E-state index in [1.54, 1.807) is 12.0 Å². The van der Waals surface area contributed by atoms with Crippen molar-refractivity contribution in [3.8, 4) is 5.75 Å². The predicted octanol–water partition coefficient (Wildman–Crippen LogP) is 2.26. The first-order chi connectivity index (χ1) is 11.2. The van der Waals surface area contributed by atoms with E-state index in [-0.39, 0.29) is 11.9 Å². The minimum Gasteiger partial charge on any atom is -0.496 e. The predicted molar refractivity (Wildman–Crippen MR) is 90.1 cm³/mol. The Labute approximate surface area is 143 Å². The third-order valence-electron chi connectivity index (χ3n) is 3.68. The van der Waals surface area contributed by atoms with Gasteiger partial charge >= 0.3 is 0 Å². The van der Waals surface area contributed by atoms with Gasteiger partial charge in [0.2, 0.25) is 5.01 Å². The monoisotopic (exact) mass is 350 g/mol. The van der Waals surface area contributed by atoms with Gasteiger partial charge in [0.15, 0.2) is 4.34 Å². The molecule has 3 rings (SSSR count). The number of nitrogens with zero attached hydrogens (tertiary/aromatic N) is 3. The topological polar surface area (TPSA) is 81.3 Å². The Morgan fingerprint density at radius 2 is 2.09 bits per heavy atom. The smallest absolute Gasteiger partial charge is 0.284 e. The summed E-state index contributed by atoms with van der Waals surface area (Å²) < 4.78 is 6.05. The molecule has 1 aliphatic heterocycles. The van der Waals surface area contributed by atoms with E-state index in [0.29, 0.717) is 18.1 Å². The summed E-state index contributed by atoms with van der Waals surface area (Å²) in [5.74, 6) is 0.729. The van der Waals surface area contributed by atoms with Gasteiger partial charge in [-0.2, -0.15) is 0 Å². The molecule has 2 aromatic rings. The first-order valence-corrected chi connectivity index (χ1v) is 9.00. The fourth-order valence-corrected chi connectivity index (χ4v) is 4.26. The van der Waals surface area contributed by atoms with Crippen LogP contribution in [0.1, 0.15) is 22.6 Å². The minimum atomic E-state index is -0.0544. The molecule has 1 amide bonds. The molecule has 122 valence electrons. The van der Waals surface area contributed by atoms with E-state index in [1.807, 2.05) is 24.3 Å². The molecule has 1 fully saturated rings. The van der Waals surface area contributed by atoms with Crippen molar-refractivity contribution < 1.29 is 9.53 Å². The number of hydrogen-bond acceptors (Lipinski definition) is 7. The van der Waals surface area contributed by atoms with Crippen LogP contribution in [0.5, 0.6) is 5.75 Å². The van der Waals surface area contributed by atoms with E-state index in [0.717, 1.165) is 27.8 Å². The van der Waals surface area contributed by atoms with Gasteiger partial charge in [-0.1, -0.05) is 35.2 Å². The molecule has 6 nitrogen and oxygen atoms in total. The van der Waals surface area contributed by atoms with Crippen LogP contribution in [0.4, 0.5) is 0 Å². The van der Waals surface area contributed by atoms with E-state index in [1.165, 1.54) is 23.1 Å². The second-order valence-corrected chi connectivity index (χ2v) is 7.52. The number of para-hydroxylation sites is 1. The average molecular weight is 350 g/mol. The van der Waals surface area contributed by atoms with E-state index in [2.05, 4.69) is 10.2 Å². The molecule has 2 heterocycles. The Bertz CT molecular complexity index is 684. The zero-order valence-electron chi connectivity index (χ0n) is 12.8. The average Bonchev–Trinajstić information content (AvgIpc) is 3.04. The van der Waals surface area contributed by atoms with E-state index < -0.39 is 0 Å². The summed E-state index contributed by atoms with van der Waals surface area (Å²) >= 11 is 2.77. The molecular weight excluding hydrogens is 332 g/mol. The molecule has 0 bridgehead atoms. The van der Waals surface area contributed by atoms with Crippen LogP contribution in [0.15, 0.2) is 33.5 Å². The van der Waals surface area contributed by atoms with Crippen LogP contribution in [0.3, 0.4) is 0 Å². The number of carbonyl (C=O) groups is 1. The number of rotatable bonds is 4. The van der Waals surface area contributed by atoms with Gasteiger partial charge in [0.05, 0.1) is 12.0 Å². The van der Waals surface area contributed by atoms with Crippen molar-refractivity contribution in [2.45, 2.75) is 28.1 Å². The van der Waals surface area contributed by atoms with Gasteiger partial charge < -0.3 is 15.4 Å². The summed E-state index contributed by atoms with van der Waals surface area (Å²) in [4.78, 5) is 15.2. The van der Waals surface area contributed by atoms with E-state index in [9.17, 15) is 4.79 Å². The van der Waals surface area contributed by atoms with Gasteiger partial charge in [-0.25, -0.2) is 0 Å². The lowest BCUT2D eigenvalue weighted by molar-refractivity contribution is 0.0713. The molecule has 1 aromatic carbocycles. The number of benzene rings is 1. The second-order valence-electron chi connectivity index (χ2n) is 5.26. The number of amides is 1. The zero-order valence-corrected chi connectivity index (χ0v) is 14.4. The molecule has 2 N–H and O–H groups in total. The number of piperidine rings is 1. The van der Waals surface area contributed by atoms with Crippen molar-refractivity contribution in [3.63, 3.8) is 0 Å². The quantitative estimate of drug-likeness (QED) is 0.911. The molecule has 8 heteroatoms. The SMILES string of the molecule is COc1ccccc1Sc1nnc(C(=O)N2CCC(N)CC2)s1. The summed E-state index contributed by atoms with van der Waals surface area (Å²) in [5.41, 5.74) is 5.87. The summed E-state index contributed by atoms with van der Waals surface area (Å²) in [5, 5.41) is 8.60. The molecule has 23 heavy (non-hydrogen) atoms. The van der Waals surface area contributed by atoms with Crippen molar-refractivity contribution in [2.24, 2.45) is 5.73 Å². The number of methoxy groups -OCH3 is 1. The Balaban J connectivity index is 1.69. The maximum atomic E-state index is 12.5. The van der Waals surface area contributed by atoms with Gasteiger partial charge in [0.25, 0.3) is 5.91 Å². The highest BCUT2D eigenvalue weighted by Gasteiger charge is 2.24. The Hall–Kier alpha value is -1.64. The molecular formula is C15H18N4O2S2. The van der Waals surface area contributed by atoms with Crippen molar-refractivity contribution in [2.75, 3.05) is 20.2 Å². The number of aromatic nitrogens is 2. The number of carbonyl (C=O) groups excluding carboxylic acids is 1. The largest absolute Gasteiger partial charge is 0.496 e. The van der Waals surface area contributed by atoms with Crippen molar-refractivity contribution in [1.29, 1.82) is 0 Å². The number of hydrogen-bond donors (Lipinski definition) is 1. The third kappa shape index (κ3) is 3.82. The Morgan fingerprint density at radius 1 is 1.35 bits per heavy atom. The first kappa shape index (κ1) is 16.2. The number of likely N-dealkylation sites (tertiary alicyclic amines) is 1. The maximum absolute atomic E-state index is 12.5. The van der Waals surface area contributed by atoms with Crippen LogP contribution in [0.2, 0.25) is 0 Å². The maximum Gasteiger partial charge on any atom is 0.284 e. The standard InChI is InChI=1S/C15H18N4O2S2/c1-21-11-4-2-3-5-12(11)22-15-18-17-13(23-15)14(20)19-8-6-10(16)7-9-19/h2-5,10H,6-9,16H2,1H3. The van der Waals surface area contributed by atoms with Crippen LogP contribution in [0.25, 0.3) is 0 Å². The summed E-state index contributed by atoms with van der Waals surface area (Å²) in [6.45, 7) is 1.38. The summed E-state index contributed by atoms with van der Waals surface area (Å²) in [6, 6.07) is 7.91.